The number of carbonyl (C=O) groups is 1. The van der Waals surface area contributed by atoms with E-state index < -0.39 is 0 Å². The maximum Gasteiger partial charge on any atom is 0.274 e. The van der Waals surface area contributed by atoms with Gasteiger partial charge in [-0.2, -0.15) is 0 Å². The monoisotopic (exact) mass is 330 g/mol. The number of ether oxygens (including phenoxy) is 2. The Balaban J connectivity index is 2.19. The lowest BCUT2D eigenvalue weighted by Crippen LogP contribution is -2.17. The van der Waals surface area contributed by atoms with Crippen molar-refractivity contribution in [1.29, 1.82) is 0 Å². The lowest BCUT2D eigenvalue weighted by molar-refractivity contribution is 0.102. The molecular formula is C17H22N4O3. The molecule has 1 heterocycles. The number of amides is 1. The maximum absolute atomic E-state index is 12.5. The van der Waals surface area contributed by atoms with E-state index in [2.05, 4.69) is 20.6 Å². The number of carbonyl (C=O) groups excluding carboxylic acids is 1. The predicted octanol–water partition coefficient (Wildman–Crippen LogP) is 2.41. The second-order valence-electron chi connectivity index (χ2n) is 5.30. The summed E-state index contributed by atoms with van der Waals surface area (Å²) in [7, 11) is 3.18. The van der Waals surface area contributed by atoms with E-state index in [1.54, 1.807) is 20.3 Å². The number of nitrogens with zero attached hydrogens (tertiary/aromatic N) is 2. The first-order chi connectivity index (χ1) is 11.5. The van der Waals surface area contributed by atoms with E-state index in [0.29, 0.717) is 36.2 Å². The Bertz CT molecular complexity index is 719. The van der Waals surface area contributed by atoms with Gasteiger partial charge in [0.15, 0.2) is 0 Å². The minimum Gasteiger partial charge on any atom is -0.495 e. The summed E-state index contributed by atoms with van der Waals surface area (Å²) in [4.78, 5) is 21.0. The molecule has 2 aromatic rings. The number of aromatic nitrogens is 2. The summed E-state index contributed by atoms with van der Waals surface area (Å²) in [5.74, 6) is 0.672. The van der Waals surface area contributed by atoms with E-state index in [9.17, 15) is 4.79 Å². The Morgan fingerprint density at radius 1 is 1.17 bits per heavy atom. The standard InChI is InChI=1S/C17H22N4O3/c1-11-5-6-15(24-4)13(9-11)20-16(22)14-10-12(2)19-17(21-14)18-7-8-23-3/h5-6,9-10H,7-8H2,1-4H3,(H,20,22)(H,18,19,21). The first kappa shape index (κ1) is 17.7. The van der Waals surface area contributed by atoms with E-state index in [1.807, 2.05) is 32.0 Å². The average molecular weight is 330 g/mol. The van der Waals surface area contributed by atoms with Gasteiger partial charge in [-0.1, -0.05) is 6.07 Å². The summed E-state index contributed by atoms with van der Waals surface area (Å²) in [6.45, 7) is 4.85. The van der Waals surface area contributed by atoms with Gasteiger partial charge in [-0.25, -0.2) is 9.97 Å². The number of rotatable bonds is 7. The Morgan fingerprint density at radius 2 is 1.96 bits per heavy atom. The van der Waals surface area contributed by atoms with Crippen molar-refractivity contribution in [3.8, 4) is 5.75 Å². The minimum absolute atomic E-state index is 0.283. The fourth-order valence-corrected chi connectivity index (χ4v) is 2.13. The molecule has 1 amide bonds. The van der Waals surface area contributed by atoms with Crippen molar-refractivity contribution >= 4 is 17.5 Å². The normalized spacial score (nSPS) is 10.3. The molecular weight excluding hydrogens is 308 g/mol. The molecule has 0 aliphatic heterocycles. The summed E-state index contributed by atoms with van der Waals surface area (Å²) in [6, 6.07) is 7.22. The highest BCUT2D eigenvalue weighted by atomic mass is 16.5. The number of nitrogens with one attached hydrogen (secondary N) is 2. The van der Waals surface area contributed by atoms with Crippen LogP contribution in [0.5, 0.6) is 5.75 Å². The van der Waals surface area contributed by atoms with Gasteiger partial charge >= 0.3 is 0 Å². The van der Waals surface area contributed by atoms with Crippen molar-refractivity contribution in [2.45, 2.75) is 13.8 Å². The molecule has 7 heteroatoms. The minimum atomic E-state index is -0.320. The van der Waals surface area contributed by atoms with E-state index in [4.69, 9.17) is 9.47 Å². The number of hydrogen-bond donors (Lipinski definition) is 2. The van der Waals surface area contributed by atoms with Gasteiger partial charge in [0.1, 0.15) is 11.4 Å². The zero-order valence-electron chi connectivity index (χ0n) is 14.3. The molecule has 2 N–H and O–H groups in total. The fourth-order valence-electron chi connectivity index (χ4n) is 2.13. The Labute approximate surface area is 141 Å². The van der Waals surface area contributed by atoms with E-state index in [0.717, 1.165) is 5.56 Å². The molecule has 0 atom stereocenters. The van der Waals surface area contributed by atoms with Gasteiger partial charge < -0.3 is 20.1 Å². The summed E-state index contributed by atoms with van der Waals surface area (Å²) in [5.41, 5.74) is 2.61. The molecule has 1 aromatic carbocycles. The zero-order chi connectivity index (χ0) is 17.5. The Morgan fingerprint density at radius 3 is 2.67 bits per heavy atom. The molecule has 1 aromatic heterocycles. The van der Waals surface area contributed by atoms with Crippen molar-refractivity contribution in [2.75, 3.05) is 38.0 Å². The van der Waals surface area contributed by atoms with E-state index >= 15 is 0 Å². The Hall–Kier alpha value is -2.67. The van der Waals surface area contributed by atoms with E-state index in [-0.39, 0.29) is 11.6 Å². The molecule has 128 valence electrons. The van der Waals surface area contributed by atoms with Crippen LogP contribution in [0.3, 0.4) is 0 Å². The van der Waals surface area contributed by atoms with Crippen LogP contribution in [-0.2, 0) is 4.74 Å². The summed E-state index contributed by atoms with van der Waals surface area (Å²) in [5, 5.41) is 5.86. The van der Waals surface area contributed by atoms with Gasteiger partial charge in [-0.15, -0.1) is 0 Å². The molecule has 0 fully saturated rings. The third-order valence-corrected chi connectivity index (χ3v) is 3.28. The SMILES string of the molecule is COCCNc1nc(C)cc(C(=O)Nc2cc(C)ccc2OC)n1. The topological polar surface area (TPSA) is 85.4 Å². The van der Waals surface area contributed by atoms with Gasteiger partial charge in [0.25, 0.3) is 5.91 Å². The summed E-state index contributed by atoms with van der Waals surface area (Å²) in [6.07, 6.45) is 0. The molecule has 7 nitrogen and oxygen atoms in total. The second kappa shape index (κ2) is 8.26. The van der Waals surface area contributed by atoms with Crippen molar-refractivity contribution in [3.63, 3.8) is 0 Å². The smallest absolute Gasteiger partial charge is 0.274 e. The molecule has 0 spiro atoms. The maximum atomic E-state index is 12.5. The van der Waals surface area contributed by atoms with Crippen LogP contribution in [-0.4, -0.2) is 43.2 Å². The molecule has 0 unspecified atom stereocenters. The first-order valence-electron chi connectivity index (χ1n) is 7.58. The zero-order valence-corrected chi connectivity index (χ0v) is 14.3. The van der Waals surface area contributed by atoms with Gasteiger partial charge in [-0.05, 0) is 37.6 Å². The molecule has 0 aliphatic rings. The Kier molecular flexibility index (Phi) is 6.08. The average Bonchev–Trinajstić information content (AvgIpc) is 2.55. The molecule has 2 rings (SSSR count). The van der Waals surface area contributed by atoms with Crippen LogP contribution in [0.4, 0.5) is 11.6 Å². The van der Waals surface area contributed by atoms with Crippen molar-refractivity contribution in [2.24, 2.45) is 0 Å². The van der Waals surface area contributed by atoms with Gasteiger partial charge in [0, 0.05) is 19.3 Å². The lowest BCUT2D eigenvalue weighted by Gasteiger charge is -2.12. The largest absolute Gasteiger partial charge is 0.495 e. The first-order valence-corrected chi connectivity index (χ1v) is 7.58. The van der Waals surface area contributed by atoms with Crippen molar-refractivity contribution in [3.05, 3.63) is 41.2 Å². The van der Waals surface area contributed by atoms with Crippen LogP contribution >= 0.6 is 0 Å². The number of aryl methyl sites for hydroxylation is 2. The molecule has 24 heavy (non-hydrogen) atoms. The molecule has 0 saturated heterocycles. The van der Waals surface area contributed by atoms with E-state index in [1.165, 1.54) is 0 Å². The molecule has 0 radical (unpaired) electrons. The van der Waals surface area contributed by atoms with Crippen LogP contribution < -0.4 is 15.4 Å². The van der Waals surface area contributed by atoms with Crippen LogP contribution in [0.2, 0.25) is 0 Å². The third kappa shape index (κ3) is 4.66. The number of benzene rings is 1. The number of methoxy groups -OCH3 is 2. The molecule has 0 saturated carbocycles. The van der Waals surface area contributed by atoms with Crippen LogP contribution in [0.15, 0.2) is 24.3 Å². The summed E-state index contributed by atoms with van der Waals surface area (Å²) >= 11 is 0. The van der Waals surface area contributed by atoms with Gasteiger partial charge in [-0.3, -0.25) is 4.79 Å². The quantitative estimate of drug-likeness (QED) is 0.758. The molecule has 0 aliphatic carbocycles. The van der Waals surface area contributed by atoms with Gasteiger partial charge in [0.2, 0.25) is 5.95 Å². The summed E-state index contributed by atoms with van der Waals surface area (Å²) < 4.78 is 10.3. The van der Waals surface area contributed by atoms with Gasteiger partial charge in [0.05, 0.1) is 19.4 Å². The predicted molar refractivity (Wildman–Crippen MR) is 92.8 cm³/mol. The van der Waals surface area contributed by atoms with Crippen molar-refractivity contribution < 1.29 is 14.3 Å². The van der Waals surface area contributed by atoms with Crippen LogP contribution in [0.25, 0.3) is 0 Å². The van der Waals surface area contributed by atoms with Crippen molar-refractivity contribution in [1.82, 2.24) is 9.97 Å². The third-order valence-electron chi connectivity index (χ3n) is 3.28. The highest BCUT2D eigenvalue weighted by Gasteiger charge is 2.13. The highest BCUT2D eigenvalue weighted by molar-refractivity contribution is 6.04. The lowest BCUT2D eigenvalue weighted by atomic mass is 10.2. The van der Waals surface area contributed by atoms with Crippen LogP contribution in [0.1, 0.15) is 21.7 Å². The number of hydrogen-bond acceptors (Lipinski definition) is 6. The van der Waals surface area contributed by atoms with Crippen LogP contribution in [0, 0.1) is 13.8 Å². The highest BCUT2D eigenvalue weighted by Crippen LogP contribution is 2.25. The fraction of sp³-hybridized carbons (Fsp3) is 0.353. The molecule has 0 bridgehead atoms. The number of anilines is 2. The second-order valence-corrected chi connectivity index (χ2v) is 5.30.